The Kier molecular flexibility index (Phi) is 6.06. The van der Waals surface area contributed by atoms with Crippen LogP contribution in [0.5, 0.6) is 5.75 Å². The van der Waals surface area contributed by atoms with Crippen molar-refractivity contribution in [2.45, 2.75) is 12.8 Å². The number of para-hydroxylation sites is 1. The summed E-state index contributed by atoms with van der Waals surface area (Å²) >= 11 is 11.9. The molecule has 1 aliphatic rings. The zero-order valence-corrected chi connectivity index (χ0v) is 18.1. The van der Waals surface area contributed by atoms with Crippen LogP contribution >= 0.6 is 23.8 Å². The molecule has 1 heterocycles. The summed E-state index contributed by atoms with van der Waals surface area (Å²) < 4.78 is 5.43. The van der Waals surface area contributed by atoms with Gasteiger partial charge in [-0.3, -0.25) is 10.1 Å². The van der Waals surface area contributed by atoms with Crippen LogP contribution in [0.2, 0.25) is 5.02 Å². The van der Waals surface area contributed by atoms with Crippen molar-refractivity contribution >= 4 is 57.0 Å². The van der Waals surface area contributed by atoms with Crippen LogP contribution in [0.3, 0.4) is 0 Å². The maximum Gasteiger partial charge on any atom is 0.261 e. The van der Waals surface area contributed by atoms with Crippen molar-refractivity contribution in [1.82, 2.24) is 5.32 Å². The molecule has 0 unspecified atom stereocenters. The molecule has 4 rings (SSSR count). The van der Waals surface area contributed by atoms with Gasteiger partial charge in [-0.15, -0.1) is 0 Å². The van der Waals surface area contributed by atoms with Crippen molar-refractivity contribution in [3.05, 3.63) is 65.2 Å². The fourth-order valence-electron chi connectivity index (χ4n) is 3.77. The van der Waals surface area contributed by atoms with E-state index in [9.17, 15) is 4.79 Å². The standard InChI is InChI=1S/C23H22ClN3O2S/c1-29-20-14-16-8-3-2-7-15(16)13-17(20)22(28)26-23(30)25-19-10-6-9-18(24)21(19)27-11-4-5-12-27/h2-3,6-10,13-14H,4-5,11-12H2,1H3,(H2,25,26,28,30). The topological polar surface area (TPSA) is 53.6 Å². The molecule has 7 heteroatoms. The Balaban J connectivity index is 1.55. The van der Waals surface area contributed by atoms with Gasteiger partial charge in [0, 0.05) is 13.1 Å². The zero-order chi connectivity index (χ0) is 21.1. The van der Waals surface area contributed by atoms with E-state index >= 15 is 0 Å². The molecular weight excluding hydrogens is 418 g/mol. The van der Waals surface area contributed by atoms with Gasteiger partial charge in [0.25, 0.3) is 5.91 Å². The van der Waals surface area contributed by atoms with Crippen LogP contribution in [-0.2, 0) is 0 Å². The van der Waals surface area contributed by atoms with Crippen LogP contribution in [0.15, 0.2) is 54.6 Å². The quantitative estimate of drug-likeness (QED) is 0.545. The molecule has 0 saturated carbocycles. The Morgan fingerprint density at radius 2 is 1.77 bits per heavy atom. The van der Waals surface area contributed by atoms with Gasteiger partial charge >= 0.3 is 0 Å². The van der Waals surface area contributed by atoms with Crippen molar-refractivity contribution in [3.63, 3.8) is 0 Å². The fourth-order valence-corrected chi connectivity index (χ4v) is 4.26. The number of methoxy groups -OCH3 is 1. The highest BCUT2D eigenvalue weighted by molar-refractivity contribution is 7.80. The third-order valence-electron chi connectivity index (χ3n) is 5.20. The predicted molar refractivity (Wildman–Crippen MR) is 127 cm³/mol. The van der Waals surface area contributed by atoms with Gasteiger partial charge in [0.15, 0.2) is 5.11 Å². The molecule has 30 heavy (non-hydrogen) atoms. The number of hydrogen-bond acceptors (Lipinski definition) is 4. The number of ether oxygens (including phenoxy) is 1. The number of fused-ring (bicyclic) bond motifs is 1. The van der Waals surface area contributed by atoms with Crippen LogP contribution in [-0.4, -0.2) is 31.2 Å². The van der Waals surface area contributed by atoms with Gasteiger partial charge in [-0.1, -0.05) is 41.9 Å². The molecule has 0 aliphatic carbocycles. The number of nitrogens with zero attached hydrogens (tertiary/aromatic N) is 1. The predicted octanol–water partition coefficient (Wildman–Crippen LogP) is 5.23. The van der Waals surface area contributed by atoms with E-state index in [1.807, 2.05) is 48.5 Å². The number of amides is 1. The molecule has 1 fully saturated rings. The minimum Gasteiger partial charge on any atom is -0.496 e. The van der Waals surface area contributed by atoms with Crippen molar-refractivity contribution in [3.8, 4) is 5.75 Å². The fraction of sp³-hybridized carbons (Fsp3) is 0.217. The second-order valence-electron chi connectivity index (χ2n) is 7.14. The molecule has 154 valence electrons. The van der Waals surface area contributed by atoms with Gasteiger partial charge in [-0.05, 0) is 60.1 Å². The lowest BCUT2D eigenvalue weighted by molar-refractivity contribution is 0.0975. The summed E-state index contributed by atoms with van der Waals surface area (Å²) in [5.41, 5.74) is 2.11. The molecule has 1 saturated heterocycles. The van der Waals surface area contributed by atoms with Gasteiger partial charge in [-0.25, -0.2) is 0 Å². The summed E-state index contributed by atoms with van der Waals surface area (Å²) in [4.78, 5) is 15.2. The van der Waals surface area contributed by atoms with Crippen molar-refractivity contribution < 1.29 is 9.53 Å². The molecule has 0 atom stereocenters. The molecule has 5 nitrogen and oxygen atoms in total. The number of anilines is 2. The highest BCUT2D eigenvalue weighted by Crippen LogP contribution is 2.36. The summed E-state index contributed by atoms with van der Waals surface area (Å²) in [5.74, 6) is 0.161. The molecule has 0 bridgehead atoms. The molecule has 0 aromatic heterocycles. The number of thiocarbonyl (C=S) groups is 1. The third kappa shape index (κ3) is 4.20. The second kappa shape index (κ2) is 8.90. The van der Waals surface area contributed by atoms with E-state index in [2.05, 4.69) is 15.5 Å². The molecule has 1 amide bonds. The van der Waals surface area contributed by atoms with Gasteiger partial charge in [-0.2, -0.15) is 0 Å². The minimum absolute atomic E-state index is 0.206. The molecule has 0 spiro atoms. The van der Waals surface area contributed by atoms with Crippen LogP contribution in [0.4, 0.5) is 11.4 Å². The van der Waals surface area contributed by atoms with Crippen molar-refractivity contribution in [2.24, 2.45) is 0 Å². The second-order valence-corrected chi connectivity index (χ2v) is 7.95. The minimum atomic E-state index is -0.333. The Morgan fingerprint density at radius 3 is 2.47 bits per heavy atom. The first kappa shape index (κ1) is 20.4. The summed E-state index contributed by atoms with van der Waals surface area (Å²) in [7, 11) is 1.55. The van der Waals surface area contributed by atoms with E-state index in [-0.39, 0.29) is 11.0 Å². The van der Waals surface area contributed by atoms with Crippen molar-refractivity contribution in [2.75, 3.05) is 30.4 Å². The number of carbonyl (C=O) groups excluding carboxylic acids is 1. The molecular formula is C23H22ClN3O2S. The third-order valence-corrected chi connectivity index (χ3v) is 5.71. The lowest BCUT2D eigenvalue weighted by atomic mass is 10.1. The van der Waals surface area contributed by atoms with E-state index in [0.29, 0.717) is 16.3 Å². The van der Waals surface area contributed by atoms with Gasteiger partial charge in [0.1, 0.15) is 5.75 Å². The van der Waals surface area contributed by atoms with Gasteiger partial charge in [0.05, 0.1) is 29.1 Å². The summed E-state index contributed by atoms with van der Waals surface area (Å²) in [6.45, 7) is 1.90. The largest absolute Gasteiger partial charge is 0.496 e. The van der Waals surface area contributed by atoms with Crippen LogP contribution in [0.25, 0.3) is 10.8 Å². The van der Waals surface area contributed by atoms with E-state index in [0.717, 1.165) is 48.1 Å². The monoisotopic (exact) mass is 439 g/mol. The lowest BCUT2D eigenvalue weighted by Gasteiger charge is -2.23. The van der Waals surface area contributed by atoms with Crippen LogP contribution in [0, 0.1) is 0 Å². The first-order valence-corrected chi connectivity index (χ1v) is 10.6. The maximum absolute atomic E-state index is 12.9. The van der Waals surface area contributed by atoms with E-state index in [1.54, 1.807) is 13.2 Å². The molecule has 3 aromatic rings. The van der Waals surface area contributed by atoms with Crippen LogP contribution in [0.1, 0.15) is 23.2 Å². The SMILES string of the molecule is COc1cc2ccccc2cc1C(=O)NC(=S)Nc1cccc(Cl)c1N1CCCC1. The summed E-state index contributed by atoms with van der Waals surface area (Å²) in [5, 5.41) is 8.72. The molecule has 3 aromatic carbocycles. The zero-order valence-electron chi connectivity index (χ0n) is 16.6. The number of nitrogens with one attached hydrogen (secondary N) is 2. The summed E-state index contributed by atoms with van der Waals surface area (Å²) in [6, 6.07) is 17.1. The first-order chi connectivity index (χ1) is 14.6. The average Bonchev–Trinajstić information content (AvgIpc) is 3.27. The van der Waals surface area contributed by atoms with Crippen molar-refractivity contribution in [1.29, 1.82) is 0 Å². The normalized spacial score (nSPS) is 13.3. The summed E-state index contributed by atoms with van der Waals surface area (Å²) in [6.07, 6.45) is 2.27. The molecule has 2 N–H and O–H groups in total. The highest BCUT2D eigenvalue weighted by Gasteiger charge is 2.20. The maximum atomic E-state index is 12.9. The Bertz CT molecular complexity index is 1110. The number of carbonyl (C=O) groups is 1. The average molecular weight is 440 g/mol. The van der Waals surface area contributed by atoms with Gasteiger partial charge < -0.3 is 15.0 Å². The highest BCUT2D eigenvalue weighted by atomic mass is 35.5. The Hall–Kier alpha value is -2.83. The molecule has 0 radical (unpaired) electrons. The van der Waals surface area contributed by atoms with Crippen LogP contribution < -0.4 is 20.3 Å². The van der Waals surface area contributed by atoms with E-state index in [4.69, 9.17) is 28.6 Å². The number of hydrogen-bond donors (Lipinski definition) is 2. The van der Waals surface area contributed by atoms with E-state index < -0.39 is 0 Å². The lowest BCUT2D eigenvalue weighted by Crippen LogP contribution is -2.35. The molecule has 1 aliphatic heterocycles. The smallest absolute Gasteiger partial charge is 0.261 e. The number of halogens is 1. The van der Waals surface area contributed by atoms with E-state index in [1.165, 1.54) is 0 Å². The number of benzene rings is 3. The van der Waals surface area contributed by atoms with Gasteiger partial charge in [0.2, 0.25) is 0 Å². The number of rotatable bonds is 4. The first-order valence-electron chi connectivity index (χ1n) is 9.79. The Labute approximate surface area is 186 Å². The Morgan fingerprint density at radius 1 is 1.07 bits per heavy atom.